The van der Waals surface area contributed by atoms with Crippen molar-refractivity contribution in [3.8, 4) is 0 Å². The fourth-order valence-corrected chi connectivity index (χ4v) is 2.02. The van der Waals surface area contributed by atoms with Crippen molar-refractivity contribution < 1.29 is 26.3 Å². The lowest BCUT2D eigenvalue weighted by molar-refractivity contribution is -0.141. The van der Waals surface area contributed by atoms with Gasteiger partial charge in [0.15, 0.2) is 11.6 Å². The van der Waals surface area contributed by atoms with Crippen LogP contribution in [0.25, 0.3) is 10.9 Å². The Bertz CT molecular complexity index is 693. The van der Waals surface area contributed by atoms with Crippen molar-refractivity contribution in [3.63, 3.8) is 0 Å². The zero-order valence-corrected chi connectivity index (χ0v) is 10.3. The van der Waals surface area contributed by atoms with Crippen molar-refractivity contribution in [2.75, 3.05) is 12.4 Å². The second-order valence-corrected chi connectivity index (χ2v) is 4.09. The van der Waals surface area contributed by atoms with Crippen LogP contribution in [0.4, 0.5) is 32.0 Å². The Labute approximate surface area is 109 Å². The smallest absolute Gasteiger partial charge is 0.387 e. The van der Waals surface area contributed by atoms with E-state index in [-0.39, 0.29) is 11.8 Å². The Balaban J connectivity index is 3.04. The van der Waals surface area contributed by atoms with Gasteiger partial charge in [0.05, 0.1) is 11.1 Å². The molecule has 2 nitrogen and oxygen atoms in total. The van der Waals surface area contributed by atoms with Crippen molar-refractivity contribution in [3.05, 3.63) is 34.8 Å². The number of aromatic nitrogens is 1. The highest BCUT2D eigenvalue weighted by Crippen LogP contribution is 2.38. The topological polar surface area (TPSA) is 24.9 Å². The average molecular weight is 294 g/mol. The number of halogens is 6. The van der Waals surface area contributed by atoms with Crippen LogP contribution in [0.2, 0.25) is 0 Å². The molecule has 0 radical (unpaired) electrons. The third-order valence-corrected chi connectivity index (χ3v) is 2.87. The second-order valence-electron chi connectivity index (χ2n) is 4.09. The SMILES string of the molecule is CNc1c(C)c(C(F)(F)F)nc2c(F)c(F)cc(F)c12. The molecule has 2 aromatic rings. The number of benzene rings is 1. The quantitative estimate of drug-likeness (QED) is 0.634. The van der Waals surface area contributed by atoms with E-state index in [9.17, 15) is 26.3 Å². The van der Waals surface area contributed by atoms with Crippen LogP contribution >= 0.6 is 0 Å². The maximum absolute atomic E-state index is 13.7. The molecule has 0 aliphatic rings. The van der Waals surface area contributed by atoms with Crippen LogP contribution in [0.5, 0.6) is 0 Å². The van der Waals surface area contributed by atoms with Gasteiger partial charge in [0.2, 0.25) is 0 Å². The van der Waals surface area contributed by atoms with E-state index in [4.69, 9.17) is 0 Å². The maximum atomic E-state index is 13.7. The molecule has 1 aromatic heterocycles. The molecule has 2 rings (SSSR count). The molecule has 0 saturated carbocycles. The average Bonchev–Trinajstić information content (AvgIpc) is 2.34. The normalized spacial score (nSPS) is 12.0. The van der Waals surface area contributed by atoms with Crippen LogP contribution in [-0.2, 0) is 6.18 Å². The number of pyridine rings is 1. The number of anilines is 1. The van der Waals surface area contributed by atoms with Gasteiger partial charge < -0.3 is 5.32 Å². The van der Waals surface area contributed by atoms with Crippen LogP contribution in [0.3, 0.4) is 0 Å². The molecule has 0 unspecified atom stereocenters. The number of rotatable bonds is 1. The molecule has 1 N–H and O–H groups in total. The lowest BCUT2D eigenvalue weighted by atomic mass is 10.1. The molecule has 1 aromatic carbocycles. The molecule has 1 heterocycles. The molecule has 0 spiro atoms. The van der Waals surface area contributed by atoms with Crippen molar-refractivity contribution >= 4 is 16.6 Å². The van der Waals surface area contributed by atoms with Crippen LogP contribution in [0.1, 0.15) is 11.3 Å². The molecule has 0 saturated heterocycles. The monoisotopic (exact) mass is 294 g/mol. The second kappa shape index (κ2) is 4.53. The highest BCUT2D eigenvalue weighted by atomic mass is 19.4. The summed E-state index contributed by atoms with van der Waals surface area (Å²) in [5, 5.41) is 1.85. The van der Waals surface area contributed by atoms with Gasteiger partial charge in [0.1, 0.15) is 17.0 Å². The largest absolute Gasteiger partial charge is 0.433 e. The lowest BCUT2D eigenvalue weighted by Gasteiger charge is -2.16. The summed E-state index contributed by atoms with van der Waals surface area (Å²) in [6.07, 6.45) is -4.86. The molecule has 8 heteroatoms. The van der Waals surface area contributed by atoms with E-state index in [0.717, 1.165) is 6.92 Å². The third-order valence-electron chi connectivity index (χ3n) is 2.87. The molecular weight excluding hydrogens is 286 g/mol. The van der Waals surface area contributed by atoms with Gasteiger partial charge in [-0.25, -0.2) is 18.2 Å². The summed E-state index contributed by atoms with van der Waals surface area (Å²) in [6.45, 7) is 1.07. The van der Waals surface area contributed by atoms with E-state index < -0.39 is 45.8 Å². The first-order valence-electron chi connectivity index (χ1n) is 5.41. The summed E-state index contributed by atoms with van der Waals surface area (Å²) < 4.78 is 78.9. The summed E-state index contributed by atoms with van der Waals surface area (Å²) in [7, 11) is 1.25. The Morgan fingerprint density at radius 1 is 1.10 bits per heavy atom. The fourth-order valence-electron chi connectivity index (χ4n) is 2.02. The first-order chi connectivity index (χ1) is 9.18. The van der Waals surface area contributed by atoms with Crippen molar-refractivity contribution in [2.45, 2.75) is 13.1 Å². The summed E-state index contributed by atoms with van der Waals surface area (Å²) in [5.74, 6) is -4.41. The van der Waals surface area contributed by atoms with E-state index in [1.807, 2.05) is 0 Å². The van der Waals surface area contributed by atoms with E-state index >= 15 is 0 Å². The van der Waals surface area contributed by atoms with Crippen molar-refractivity contribution in [2.24, 2.45) is 0 Å². The highest BCUT2D eigenvalue weighted by molar-refractivity contribution is 5.94. The molecule has 0 aliphatic carbocycles. The van der Waals surface area contributed by atoms with Gasteiger partial charge in [-0.05, 0) is 6.92 Å². The Morgan fingerprint density at radius 2 is 1.70 bits per heavy atom. The number of nitrogens with zero attached hydrogens (tertiary/aromatic N) is 1. The van der Waals surface area contributed by atoms with Gasteiger partial charge in [-0.2, -0.15) is 13.2 Å². The number of nitrogens with one attached hydrogen (secondary N) is 1. The molecule has 0 aliphatic heterocycles. The van der Waals surface area contributed by atoms with Gasteiger partial charge in [0, 0.05) is 18.7 Å². The van der Waals surface area contributed by atoms with Gasteiger partial charge >= 0.3 is 6.18 Å². The van der Waals surface area contributed by atoms with Crippen molar-refractivity contribution in [1.82, 2.24) is 4.98 Å². The minimum absolute atomic E-state index is 0.271. The van der Waals surface area contributed by atoms with E-state index in [0.29, 0.717) is 0 Å². The van der Waals surface area contributed by atoms with Gasteiger partial charge in [-0.15, -0.1) is 0 Å². The zero-order valence-electron chi connectivity index (χ0n) is 10.3. The molecule has 0 bridgehead atoms. The lowest BCUT2D eigenvalue weighted by Crippen LogP contribution is -2.14. The first kappa shape index (κ1) is 14.4. The Kier molecular flexibility index (Phi) is 3.27. The summed E-state index contributed by atoms with van der Waals surface area (Å²) >= 11 is 0. The highest BCUT2D eigenvalue weighted by Gasteiger charge is 2.37. The molecule has 0 atom stereocenters. The Hall–Kier alpha value is -1.99. The zero-order chi connectivity index (χ0) is 15.2. The molecule has 20 heavy (non-hydrogen) atoms. The summed E-state index contributed by atoms with van der Waals surface area (Å²) in [5.41, 5.74) is -3.06. The summed E-state index contributed by atoms with van der Waals surface area (Å²) in [4.78, 5) is 3.06. The van der Waals surface area contributed by atoms with E-state index in [2.05, 4.69) is 10.3 Å². The molecule has 108 valence electrons. The van der Waals surface area contributed by atoms with Crippen molar-refractivity contribution in [1.29, 1.82) is 0 Å². The Morgan fingerprint density at radius 3 is 2.20 bits per heavy atom. The van der Waals surface area contributed by atoms with Crippen LogP contribution < -0.4 is 5.32 Å². The third kappa shape index (κ3) is 2.04. The van der Waals surface area contributed by atoms with Crippen LogP contribution in [-0.4, -0.2) is 12.0 Å². The van der Waals surface area contributed by atoms with Gasteiger partial charge in [-0.1, -0.05) is 0 Å². The number of fused-ring (bicyclic) bond motifs is 1. The van der Waals surface area contributed by atoms with Gasteiger partial charge in [-0.3, -0.25) is 0 Å². The minimum Gasteiger partial charge on any atom is -0.387 e. The van der Waals surface area contributed by atoms with Gasteiger partial charge in [0.25, 0.3) is 0 Å². The van der Waals surface area contributed by atoms with E-state index in [1.54, 1.807) is 0 Å². The van der Waals surface area contributed by atoms with Crippen LogP contribution in [0.15, 0.2) is 6.07 Å². The fraction of sp³-hybridized carbons (Fsp3) is 0.250. The molecular formula is C12H8F6N2. The first-order valence-corrected chi connectivity index (χ1v) is 5.41. The predicted molar refractivity (Wildman–Crippen MR) is 60.9 cm³/mol. The maximum Gasteiger partial charge on any atom is 0.433 e. The molecule has 0 fully saturated rings. The van der Waals surface area contributed by atoms with E-state index in [1.165, 1.54) is 7.05 Å². The number of hydrogen-bond acceptors (Lipinski definition) is 2. The molecule has 0 amide bonds. The standard InChI is InChI=1S/C12H8F6N2/c1-4-9(19-2)7-5(13)3-6(14)8(15)10(7)20-11(4)12(16,17)18/h3H,1-2H3,(H,19,20). The van der Waals surface area contributed by atoms with Crippen LogP contribution in [0, 0.1) is 24.4 Å². The summed E-state index contributed by atoms with van der Waals surface area (Å²) in [6, 6.07) is 0.271. The predicted octanol–water partition coefficient (Wildman–Crippen LogP) is 4.02. The number of alkyl halides is 3. The minimum atomic E-state index is -4.86. The number of hydrogen-bond donors (Lipinski definition) is 1.